The second-order valence-corrected chi connectivity index (χ2v) is 7.54. The first-order chi connectivity index (χ1) is 9.91. The molecule has 1 aromatic carbocycles. The molecule has 0 aromatic heterocycles. The summed E-state index contributed by atoms with van der Waals surface area (Å²) in [6, 6.07) is 5.42. The number of carbonyl (C=O) groups is 1. The van der Waals surface area contributed by atoms with Gasteiger partial charge in [-0.15, -0.1) is 0 Å². The van der Waals surface area contributed by atoms with E-state index in [1.165, 1.54) is 6.92 Å². The monoisotopic (exact) mass is 311 g/mol. The van der Waals surface area contributed by atoms with Crippen LogP contribution >= 0.6 is 0 Å². The van der Waals surface area contributed by atoms with Gasteiger partial charge >= 0.3 is 0 Å². The minimum absolute atomic E-state index is 0.0144. The zero-order valence-corrected chi connectivity index (χ0v) is 13.3. The molecule has 0 radical (unpaired) electrons. The normalized spacial score (nSPS) is 18.4. The van der Waals surface area contributed by atoms with E-state index in [2.05, 4.69) is 4.90 Å². The van der Waals surface area contributed by atoms with Gasteiger partial charge in [0.15, 0.2) is 15.6 Å². The highest BCUT2D eigenvalue weighted by Gasteiger charge is 2.22. The fourth-order valence-electron chi connectivity index (χ4n) is 2.37. The van der Waals surface area contributed by atoms with Crippen molar-refractivity contribution in [1.29, 1.82) is 0 Å². The van der Waals surface area contributed by atoms with Crippen molar-refractivity contribution >= 4 is 15.6 Å². The molecule has 0 N–H and O–H groups in total. The zero-order valence-electron chi connectivity index (χ0n) is 12.5. The fourth-order valence-corrected chi connectivity index (χ4v) is 3.64. The lowest BCUT2D eigenvalue weighted by Crippen LogP contribution is -2.39. The summed E-state index contributed by atoms with van der Waals surface area (Å²) < 4.78 is 28.5. The van der Waals surface area contributed by atoms with E-state index in [0.717, 1.165) is 11.3 Å². The number of benzene rings is 1. The molecule has 2 rings (SSSR count). The standard InChI is InChI=1S/C15H21NO4S/c1-3-20-15-5-4-13(12(2)17)10-14(15)11-16-6-8-21(18,19)9-7-16/h4-5,10H,3,6-9,11H2,1-2H3. The van der Waals surface area contributed by atoms with Crippen molar-refractivity contribution < 1.29 is 17.9 Å². The highest BCUT2D eigenvalue weighted by atomic mass is 32.2. The molecule has 21 heavy (non-hydrogen) atoms. The molecule has 1 aromatic rings. The maximum Gasteiger partial charge on any atom is 0.159 e. The first-order valence-electron chi connectivity index (χ1n) is 7.10. The lowest BCUT2D eigenvalue weighted by atomic mass is 10.1. The van der Waals surface area contributed by atoms with Crippen molar-refractivity contribution in [2.75, 3.05) is 31.2 Å². The van der Waals surface area contributed by atoms with Crippen LogP contribution in [0.3, 0.4) is 0 Å². The van der Waals surface area contributed by atoms with E-state index in [1.54, 1.807) is 6.07 Å². The Morgan fingerprint density at radius 1 is 1.29 bits per heavy atom. The van der Waals surface area contributed by atoms with Crippen molar-refractivity contribution in [3.63, 3.8) is 0 Å². The number of hydrogen-bond donors (Lipinski definition) is 0. The van der Waals surface area contributed by atoms with Gasteiger partial charge in [-0.05, 0) is 32.0 Å². The van der Waals surface area contributed by atoms with E-state index in [-0.39, 0.29) is 17.3 Å². The van der Waals surface area contributed by atoms with Crippen LogP contribution in [-0.4, -0.2) is 50.3 Å². The lowest BCUT2D eigenvalue weighted by molar-refractivity contribution is 0.101. The largest absolute Gasteiger partial charge is 0.494 e. The summed E-state index contributed by atoms with van der Waals surface area (Å²) in [7, 11) is -2.88. The van der Waals surface area contributed by atoms with Crippen molar-refractivity contribution in [3.05, 3.63) is 29.3 Å². The molecule has 1 aliphatic rings. The number of nitrogens with zero attached hydrogens (tertiary/aromatic N) is 1. The average Bonchev–Trinajstić information content (AvgIpc) is 2.43. The third kappa shape index (κ3) is 4.28. The van der Waals surface area contributed by atoms with E-state index in [4.69, 9.17) is 4.74 Å². The van der Waals surface area contributed by atoms with Crippen LogP contribution in [0.2, 0.25) is 0 Å². The van der Waals surface area contributed by atoms with E-state index < -0.39 is 9.84 Å². The van der Waals surface area contributed by atoms with Crippen molar-refractivity contribution in [2.24, 2.45) is 0 Å². The summed E-state index contributed by atoms with van der Waals surface area (Å²) in [5.74, 6) is 1.17. The molecule has 1 heterocycles. The Hall–Kier alpha value is -1.40. The Morgan fingerprint density at radius 2 is 1.95 bits per heavy atom. The molecule has 1 saturated heterocycles. The van der Waals surface area contributed by atoms with Crippen LogP contribution in [0.1, 0.15) is 29.8 Å². The van der Waals surface area contributed by atoms with Crippen LogP contribution in [0.4, 0.5) is 0 Å². The minimum Gasteiger partial charge on any atom is -0.494 e. The van der Waals surface area contributed by atoms with E-state index in [1.807, 2.05) is 19.1 Å². The molecule has 0 saturated carbocycles. The Morgan fingerprint density at radius 3 is 2.52 bits per heavy atom. The molecule has 0 amide bonds. The molecular weight excluding hydrogens is 290 g/mol. The summed E-state index contributed by atoms with van der Waals surface area (Å²) in [4.78, 5) is 13.6. The van der Waals surface area contributed by atoms with Gasteiger partial charge in [-0.2, -0.15) is 0 Å². The van der Waals surface area contributed by atoms with Gasteiger partial charge in [-0.3, -0.25) is 9.69 Å². The lowest BCUT2D eigenvalue weighted by Gasteiger charge is -2.27. The highest BCUT2D eigenvalue weighted by Crippen LogP contribution is 2.23. The van der Waals surface area contributed by atoms with E-state index in [0.29, 0.717) is 31.8 Å². The fraction of sp³-hybridized carbons (Fsp3) is 0.533. The van der Waals surface area contributed by atoms with E-state index >= 15 is 0 Å². The topological polar surface area (TPSA) is 63.7 Å². The van der Waals surface area contributed by atoms with Crippen LogP contribution in [-0.2, 0) is 16.4 Å². The summed E-state index contributed by atoms with van der Waals surface area (Å²) in [5.41, 5.74) is 1.59. The van der Waals surface area contributed by atoms with Gasteiger partial charge in [0.05, 0.1) is 18.1 Å². The van der Waals surface area contributed by atoms with Gasteiger partial charge in [-0.25, -0.2) is 8.42 Å². The number of Topliss-reactive ketones (excluding diaryl/α,β-unsaturated/α-hetero) is 1. The number of ether oxygens (including phenoxy) is 1. The second kappa shape index (κ2) is 6.58. The Bertz CT molecular complexity index is 611. The van der Waals surface area contributed by atoms with Crippen LogP contribution in [0.25, 0.3) is 0 Å². The number of ketones is 1. The van der Waals surface area contributed by atoms with Crippen LogP contribution in [0.15, 0.2) is 18.2 Å². The quantitative estimate of drug-likeness (QED) is 0.772. The molecule has 1 fully saturated rings. The predicted molar refractivity (Wildman–Crippen MR) is 81.5 cm³/mol. The van der Waals surface area contributed by atoms with Crippen LogP contribution in [0.5, 0.6) is 5.75 Å². The summed E-state index contributed by atoms with van der Waals surface area (Å²) in [6.45, 7) is 5.66. The first-order valence-corrected chi connectivity index (χ1v) is 8.93. The molecular formula is C15H21NO4S. The zero-order chi connectivity index (χ0) is 15.5. The maximum absolute atomic E-state index is 11.5. The van der Waals surface area contributed by atoms with Crippen molar-refractivity contribution in [3.8, 4) is 5.75 Å². The number of rotatable bonds is 5. The molecule has 6 heteroatoms. The third-order valence-corrected chi connectivity index (χ3v) is 5.21. The summed E-state index contributed by atoms with van der Waals surface area (Å²) in [5, 5.41) is 0. The SMILES string of the molecule is CCOc1ccc(C(C)=O)cc1CN1CCS(=O)(=O)CC1. The van der Waals surface area contributed by atoms with Gasteiger partial charge < -0.3 is 4.74 Å². The second-order valence-electron chi connectivity index (χ2n) is 5.24. The molecule has 0 aliphatic carbocycles. The molecule has 0 unspecified atom stereocenters. The van der Waals surface area contributed by atoms with Gasteiger partial charge in [0.2, 0.25) is 0 Å². The van der Waals surface area contributed by atoms with Crippen molar-refractivity contribution in [2.45, 2.75) is 20.4 Å². The molecule has 0 atom stereocenters. The Kier molecular flexibility index (Phi) is 5.00. The molecule has 116 valence electrons. The van der Waals surface area contributed by atoms with Gasteiger partial charge in [0.1, 0.15) is 5.75 Å². The van der Waals surface area contributed by atoms with Crippen LogP contribution in [0, 0.1) is 0 Å². The number of sulfone groups is 1. The highest BCUT2D eigenvalue weighted by molar-refractivity contribution is 7.91. The third-order valence-electron chi connectivity index (χ3n) is 3.60. The molecule has 0 bridgehead atoms. The average molecular weight is 311 g/mol. The Labute approximate surface area is 125 Å². The molecule has 0 spiro atoms. The predicted octanol–water partition coefficient (Wildman–Crippen LogP) is 1.52. The maximum atomic E-state index is 11.5. The molecule has 1 aliphatic heterocycles. The van der Waals surface area contributed by atoms with E-state index in [9.17, 15) is 13.2 Å². The summed E-state index contributed by atoms with van der Waals surface area (Å²) >= 11 is 0. The minimum atomic E-state index is -2.88. The van der Waals surface area contributed by atoms with Gasteiger partial charge in [-0.1, -0.05) is 0 Å². The van der Waals surface area contributed by atoms with Crippen molar-refractivity contribution in [1.82, 2.24) is 4.90 Å². The number of hydrogen-bond acceptors (Lipinski definition) is 5. The Balaban J connectivity index is 2.17. The van der Waals surface area contributed by atoms with Crippen LogP contribution < -0.4 is 4.74 Å². The van der Waals surface area contributed by atoms with Gasteiger partial charge in [0.25, 0.3) is 0 Å². The smallest absolute Gasteiger partial charge is 0.159 e. The molecule has 5 nitrogen and oxygen atoms in total. The first kappa shape index (κ1) is 16.0. The number of carbonyl (C=O) groups excluding carboxylic acids is 1. The van der Waals surface area contributed by atoms with Gasteiger partial charge in [0, 0.05) is 30.8 Å². The summed E-state index contributed by atoms with van der Waals surface area (Å²) in [6.07, 6.45) is 0.